The van der Waals surface area contributed by atoms with Crippen LogP contribution in [0.5, 0.6) is 0 Å². The van der Waals surface area contributed by atoms with E-state index in [4.69, 9.17) is 0 Å². The van der Waals surface area contributed by atoms with Gasteiger partial charge in [0.25, 0.3) is 0 Å². The van der Waals surface area contributed by atoms with Crippen molar-refractivity contribution in [1.29, 1.82) is 0 Å². The molecule has 102 valence electrons. The maximum absolute atomic E-state index is 11.0. The van der Waals surface area contributed by atoms with E-state index in [1.807, 2.05) is 16.9 Å². The average Bonchev–Trinajstić information content (AvgIpc) is 2.76. The van der Waals surface area contributed by atoms with Gasteiger partial charge in [-0.1, -0.05) is 19.8 Å². The van der Waals surface area contributed by atoms with Crippen molar-refractivity contribution in [2.45, 2.75) is 70.9 Å². The first-order valence-corrected chi connectivity index (χ1v) is 7.33. The molecule has 3 nitrogen and oxygen atoms in total. The molecule has 1 N–H and O–H groups in total. The monoisotopic (exact) mass is 250 g/mol. The molecule has 1 saturated carbocycles. The normalized spacial score (nSPS) is 29.5. The van der Waals surface area contributed by atoms with E-state index in [0.29, 0.717) is 6.04 Å². The van der Waals surface area contributed by atoms with E-state index in [-0.39, 0.29) is 0 Å². The first-order valence-electron chi connectivity index (χ1n) is 7.33. The van der Waals surface area contributed by atoms with Gasteiger partial charge in [-0.15, -0.1) is 0 Å². The molecule has 0 spiro atoms. The predicted molar refractivity (Wildman–Crippen MR) is 73.4 cm³/mol. The van der Waals surface area contributed by atoms with Crippen molar-refractivity contribution in [3.05, 3.63) is 18.0 Å². The Morgan fingerprint density at radius 1 is 1.44 bits per heavy atom. The first kappa shape index (κ1) is 13.6. The minimum absolute atomic E-state index is 0.309. The quantitative estimate of drug-likeness (QED) is 0.832. The number of nitrogens with zero attached hydrogens (tertiary/aromatic N) is 2. The Morgan fingerprint density at radius 2 is 2.22 bits per heavy atom. The van der Waals surface area contributed by atoms with Gasteiger partial charge in [0.15, 0.2) is 0 Å². The number of rotatable bonds is 3. The van der Waals surface area contributed by atoms with E-state index in [2.05, 4.69) is 25.9 Å². The highest BCUT2D eigenvalue weighted by Crippen LogP contribution is 2.39. The van der Waals surface area contributed by atoms with Crippen LogP contribution < -0.4 is 0 Å². The van der Waals surface area contributed by atoms with Gasteiger partial charge in [0.05, 0.1) is 5.69 Å². The minimum Gasteiger partial charge on any atom is -0.384 e. The van der Waals surface area contributed by atoms with Crippen molar-refractivity contribution in [1.82, 2.24) is 9.78 Å². The van der Waals surface area contributed by atoms with Crippen molar-refractivity contribution >= 4 is 0 Å². The second-order valence-electron chi connectivity index (χ2n) is 5.99. The molecule has 1 aromatic rings. The lowest BCUT2D eigenvalue weighted by Gasteiger charge is -2.28. The van der Waals surface area contributed by atoms with Gasteiger partial charge >= 0.3 is 0 Å². The molecule has 2 atom stereocenters. The Kier molecular flexibility index (Phi) is 4.10. The zero-order valence-corrected chi connectivity index (χ0v) is 11.9. The van der Waals surface area contributed by atoms with Crippen molar-refractivity contribution < 1.29 is 5.11 Å². The molecule has 0 aliphatic heterocycles. The Morgan fingerprint density at radius 3 is 2.89 bits per heavy atom. The molecule has 0 saturated heterocycles. The third kappa shape index (κ3) is 2.61. The second kappa shape index (κ2) is 5.43. The molecular formula is C15H26N2O. The molecule has 0 radical (unpaired) electrons. The topological polar surface area (TPSA) is 38.1 Å². The Balaban J connectivity index is 2.22. The lowest BCUT2D eigenvalue weighted by atomic mass is 9.89. The van der Waals surface area contributed by atoms with Crippen LogP contribution in [0.15, 0.2) is 12.3 Å². The summed E-state index contributed by atoms with van der Waals surface area (Å²) in [5.41, 5.74) is 0.347. The minimum atomic E-state index is -0.662. The molecule has 1 aliphatic carbocycles. The maximum atomic E-state index is 11.0. The highest BCUT2D eigenvalue weighted by atomic mass is 16.3. The first-order chi connectivity index (χ1) is 8.57. The van der Waals surface area contributed by atoms with Crippen molar-refractivity contribution in [3.8, 4) is 0 Å². The molecule has 1 aromatic heterocycles. The van der Waals surface area contributed by atoms with Crippen LogP contribution in [-0.2, 0) is 5.60 Å². The van der Waals surface area contributed by atoms with Crippen LogP contribution in [0.25, 0.3) is 0 Å². The second-order valence-corrected chi connectivity index (χ2v) is 5.99. The number of hydrogen-bond acceptors (Lipinski definition) is 2. The average molecular weight is 250 g/mol. The number of aromatic nitrogens is 2. The largest absolute Gasteiger partial charge is 0.384 e. The molecule has 18 heavy (non-hydrogen) atoms. The molecule has 1 fully saturated rings. The zero-order chi connectivity index (χ0) is 13.2. The van der Waals surface area contributed by atoms with Gasteiger partial charge < -0.3 is 5.11 Å². The van der Waals surface area contributed by atoms with Crippen molar-refractivity contribution in [2.75, 3.05) is 0 Å². The molecule has 1 aliphatic rings. The summed E-state index contributed by atoms with van der Waals surface area (Å²) in [6.45, 7) is 6.49. The fourth-order valence-electron chi connectivity index (χ4n) is 3.15. The number of aliphatic hydroxyl groups is 1. The summed E-state index contributed by atoms with van der Waals surface area (Å²) in [6.07, 6.45) is 8.32. The summed E-state index contributed by atoms with van der Waals surface area (Å²) >= 11 is 0. The highest BCUT2D eigenvalue weighted by Gasteiger charge is 2.35. The van der Waals surface area contributed by atoms with Gasteiger partial charge in [-0.05, 0) is 51.5 Å². The summed E-state index contributed by atoms with van der Waals surface area (Å²) < 4.78 is 1.98. The van der Waals surface area contributed by atoms with Crippen LogP contribution in [-0.4, -0.2) is 14.9 Å². The van der Waals surface area contributed by atoms with E-state index in [0.717, 1.165) is 37.3 Å². The van der Waals surface area contributed by atoms with Crippen molar-refractivity contribution in [3.63, 3.8) is 0 Å². The van der Waals surface area contributed by atoms with E-state index in [9.17, 15) is 5.11 Å². The third-order valence-electron chi connectivity index (χ3n) is 4.38. The summed E-state index contributed by atoms with van der Waals surface area (Å²) in [4.78, 5) is 0. The zero-order valence-electron chi connectivity index (χ0n) is 11.9. The molecule has 0 aromatic carbocycles. The maximum Gasteiger partial charge on any atom is 0.106 e. The Hall–Kier alpha value is -0.830. The molecular weight excluding hydrogens is 224 g/mol. The summed E-state index contributed by atoms with van der Waals surface area (Å²) in [5.74, 6) is 0.787. The summed E-state index contributed by atoms with van der Waals surface area (Å²) in [5, 5.41) is 15.4. The van der Waals surface area contributed by atoms with E-state index < -0.39 is 5.60 Å². The van der Waals surface area contributed by atoms with E-state index in [1.54, 1.807) is 0 Å². The summed E-state index contributed by atoms with van der Waals surface area (Å²) in [6, 6.07) is 2.30. The Bertz CT molecular complexity index is 386. The molecule has 0 bridgehead atoms. The van der Waals surface area contributed by atoms with Gasteiger partial charge in [-0.2, -0.15) is 5.10 Å². The SMILES string of the molecule is CCC1CCCC(O)(c2ccnn2C(C)C)CC1. The lowest BCUT2D eigenvalue weighted by molar-refractivity contribution is 0.00978. The molecule has 2 unspecified atom stereocenters. The molecule has 3 heteroatoms. The van der Waals surface area contributed by atoms with Gasteiger partial charge in [0.1, 0.15) is 5.60 Å². The lowest BCUT2D eigenvalue weighted by Crippen LogP contribution is -2.29. The molecule has 0 amide bonds. The van der Waals surface area contributed by atoms with Gasteiger partial charge in [0.2, 0.25) is 0 Å². The molecule has 1 heterocycles. The smallest absolute Gasteiger partial charge is 0.106 e. The van der Waals surface area contributed by atoms with Gasteiger partial charge in [-0.3, -0.25) is 4.68 Å². The summed E-state index contributed by atoms with van der Waals surface area (Å²) in [7, 11) is 0. The van der Waals surface area contributed by atoms with Gasteiger partial charge in [-0.25, -0.2) is 0 Å². The number of hydrogen-bond donors (Lipinski definition) is 1. The van der Waals surface area contributed by atoms with E-state index in [1.165, 1.54) is 12.8 Å². The predicted octanol–water partition coefficient (Wildman–Crippen LogP) is 3.64. The van der Waals surface area contributed by atoms with Crippen LogP contribution in [0.2, 0.25) is 0 Å². The fourth-order valence-corrected chi connectivity index (χ4v) is 3.15. The van der Waals surface area contributed by atoms with Crippen LogP contribution in [0.4, 0.5) is 0 Å². The fraction of sp³-hybridized carbons (Fsp3) is 0.800. The van der Waals surface area contributed by atoms with Crippen LogP contribution in [0.1, 0.15) is 71.0 Å². The van der Waals surface area contributed by atoms with Crippen molar-refractivity contribution in [2.24, 2.45) is 5.92 Å². The highest BCUT2D eigenvalue weighted by molar-refractivity contribution is 5.13. The van der Waals surface area contributed by atoms with Gasteiger partial charge in [0, 0.05) is 12.2 Å². The Labute approximate surface area is 110 Å². The van der Waals surface area contributed by atoms with E-state index >= 15 is 0 Å². The molecule has 2 rings (SSSR count). The van der Waals surface area contributed by atoms with Crippen LogP contribution in [0, 0.1) is 5.92 Å². The van der Waals surface area contributed by atoms with Crippen LogP contribution >= 0.6 is 0 Å². The standard InChI is InChI=1S/C15H26N2O/c1-4-13-6-5-9-15(18,10-7-13)14-8-11-16-17(14)12(2)3/h8,11-13,18H,4-7,9-10H2,1-3H3. The third-order valence-corrected chi connectivity index (χ3v) is 4.38. The van der Waals surface area contributed by atoms with Crippen LogP contribution in [0.3, 0.4) is 0 Å².